The van der Waals surface area contributed by atoms with Gasteiger partial charge in [-0.2, -0.15) is 0 Å². The molecule has 0 saturated heterocycles. The molecule has 0 bridgehead atoms. The first kappa shape index (κ1) is 14.0. The standard InChI is InChI=1S/C16H14ClFN2O/c17-15-14(2-1-9-19-15)16(21)20(13-7-8-13)10-11-3-5-12(18)6-4-11/h1-6,9,13H,7-8,10H2. The Bertz CT molecular complexity index is 656. The predicted octanol–water partition coefficient (Wildman–Crippen LogP) is 3.68. The summed E-state index contributed by atoms with van der Waals surface area (Å²) < 4.78 is 13.0. The first-order valence-corrected chi connectivity index (χ1v) is 7.19. The predicted molar refractivity (Wildman–Crippen MR) is 78.5 cm³/mol. The lowest BCUT2D eigenvalue weighted by Gasteiger charge is -2.23. The molecule has 3 nitrogen and oxygen atoms in total. The van der Waals surface area contributed by atoms with E-state index in [0.717, 1.165) is 18.4 Å². The average molecular weight is 305 g/mol. The first-order valence-electron chi connectivity index (χ1n) is 6.81. The summed E-state index contributed by atoms with van der Waals surface area (Å²) in [6.45, 7) is 0.453. The summed E-state index contributed by atoms with van der Waals surface area (Å²) in [5.41, 5.74) is 1.31. The number of carbonyl (C=O) groups is 1. The van der Waals surface area contributed by atoms with Crippen molar-refractivity contribution in [3.63, 3.8) is 0 Å². The van der Waals surface area contributed by atoms with Gasteiger partial charge in [0.25, 0.3) is 5.91 Å². The number of rotatable bonds is 4. The fraction of sp³-hybridized carbons (Fsp3) is 0.250. The fourth-order valence-corrected chi connectivity index (χ4v) is 2.44. The Kier molecular flexibility index (Phi) is 3.88. The van der Waals surface area contributed by atoms with Crippen molar-refractivity contribution in [1.82, 2.24) is 9.88 Å². The monoisotopic (exact) mass is 304 g/mol. The summed E-state index contributed by atoms with van der Waals surface area (Å²) in [6.07, 6.45) is 3.54. The molecule has 1 fully saturated rings. The molecule has 0 aliphatic heterocycles. The lowest BCUT2D eigenvalue weighted by Crippen LogP contribution is -2.32. The van der Waals surface area contributed by atoms with E-state index in [2.05, 4.69) is 4.98 Å². The highest BCUT2D eigenvalue weighted by molar-refractivity contribution is 6.32. The van der Waals surface area contributed by atoms with Crippen LogP contribution in [0.1, 0.15) is 28.8 Å². The zero-order valence-corrected chi connectivity index (χ0v) is 12.1. The molecule has 0 radical (unpaired) electrons. The second-order valence-electron chi connectivity index (χ2n) is 5.13. The number of pyridine rings is 1. The Morgan fingerprint density at radius 2 is 2.00 bits per heavy atom. The molecule has 1 amide bonds. The van der Waals surface area contributed by atoms with E-state index in [1.165, 1.54) is 12.1 Å². The Morgan fingerprint density at radius 1 is 1.29 bits per heavy atom. The summed E-state index contributed by atoms with van der Waals surface area (Å²) >= 11 is 6.00. The maximum Gasteiger partial charge on any atom is 0.257 e. The van der Waals surface area contributed by atoms with Crippen molar-refractivity contribution in [3.8, 4) is 0 Å². The van der Waals surface area contributed by atoms with Crippen LogP contribution in [0.2, 0.25) is 5.15 Å². The van der Waals surface area contributed by atoms with Gasteiger partial charge in [0.15, 0.2) is 0 Å². The van der Waals surface area contributed by atoms with Crippen LogP contribution in [0.5, 0.6) is 0 Å². The highest BCUT2D eigenvalue weighted by Crippen LogP contribution is 2.30. The molecule has 1 heterocycles. The second kappa shape index (κ2) is 5.82. The van der Waals surface area contributed by atoms with Crippen LogP contribution in [0.3, 0.4) is 0 Å². The number of nitrogens with zero attached hydrogens (tertiary/aromatic N) is 2. The zero-order chi connectivity index (χ0) is 14.8. The van der Waals surface area contributed by atoms with Gasteiger partial charge in [-0.1, -0.05) is 23.7 Å². The molecule has 5 heteroatoms. The van der Waals surface area contributed by atoms with Crippen LogP contribution in [0, 0.1) is 5.82 Å². The van der Waals surface area contributed by atoms with Gasteiger partial charge in [-0.15, -0.1) is 0 Å². The molecule has 21 heavy (non-hydrogen) atoms. The van der Waals surface area contributed by atoms with Gasteiger partial charge in [-0.3, -0.25) is 4.79 Å². The van der Waals surface area contributed by atoms with Crippen molar-refractivity contribution in [3.05, 3.63) is 64.7 Å². The largest absolute Gasteiger partial charge is 0.331 e. The molecule has 1 aromatic heterocycles. The van der Waals surface area contributed by atoms with Crippen LogP contribution in [0.4, 0.5) is 4.39 Å². The number of carbonyl (C=O) groups excluding carboxylic acids is 1. The van der Waals surface area contributed by atoms with Crippen molar-refractivity contribution >= 4 is 17.5 Å². The Hall–Kier alpha value is -1.94. The molecule has 0 spiro atoms. The summed E-state index contributed by atoms with van der Waals surface area (Å²) in [6, 6.07) is 9.81. The molecule has 0 atom stereocenters. The zero-order valence-electron chi connectivity index (χ0n) is 11.3. The lowest BCUT2D eigenvalue weighted by atomic mass is 10.1. The molecule has 1 aliphatic rings. The van der Waals surface area contributed by atoms with Gasteiger partial charge in [0.05, 0.1) is 5.56 Å². The van der Waals surface area contributed by atoms with E-state index >= 15 is 0 Å². The average Bonchev–Trinajstić information content (AvgIpc) is 3.31. The van der Waals surface area contributed by atoms with Crippen LogP contribution in [-0.4, -0.2) is 21.8 Å². The van der Waals surface area contributed by atoms with E-state index < -0.39 is 0 Å². The third-order valence-electron chi connectivity index (χ3n) is 3.50. The Labute approximate surface area is 127 Å². The minimum atomic E-state index is -0.279. The van der Waals surface area contributed by atoms with Crippen LogP contribution >= 0.6 is 11.6 Å². The van der Waals surface area contributed by atoms with Crippen molar-refractivity contribution in [2.45, 2.75) is 25.4 Å². The molecular formula is C16H14ClFN2O. The molecule has 3 rings (SSSR count). The van der Waals surface area contributed by atoms with Crippen molar-refractivity contribution in [1.29, 1.82) is 0 Å². The van der Waals surface area contributed by atoms with Gasteiger partial charge in [0, 0.05) is 18.8 Å². The van der Waals surface area contributed by atoms with Crippen LogP contribution in [-0.2, 0) is 6.54 Å². The normalized spacial score (nSPS) is 14.0. The molecule has 1 aromatic carbocycles. The number of hydrogen-bond donors (Lipinski definition) is 0. The molecule has 2 aromatic rings. The number of aromatic nitrogens is 1. The smallest absolute Gasteiger partial charge is 0.257 e. The highest BCUT2D eigenvalue weighted by atomic mass is 35.5. The number of halogens is 2. The molecule has 108 valence electrons. The van der Waals surface area contributed by atoms with E-state index in [1.807, 2.05) is 0 Å². The van der Waals surface area contributed by atoms with Crippen LogP contribution in [0.15, 0.2) is 42.6 Å². The summed E-state index contributed by atoms with van der Waals surface area (Å²) in [7, 11) is 0. The molecule has 1 saturated carbocycles. The third kappa shape index (κ3) is 3.22. The maximum absolute atomic E-state index is 13.0. The van der Waals surface area contributed by atoms with E-state index in [4.69, 9.17) is 11.6 Å². The van der Waals surface area contributed by atoms with Gasteiger partial charge in [0.2, 0.25) is 0 Å². The minimum absolute atomic E-state index is 0.125. The van der Waals surface area contributed by atoms with E-state index in [-0.39, 0.29) is 22.9 Å². The highest BCUT2D eigenvalue weighted by Gasteiger charge is 2.33. The Balaban J connectivity index is 1.83. The van der Waals surface area contributed by atoms with Gasteiger partial charge in [-0.05, 0) is 42.7 Å². The Morgan fingerprint density at radius 3 is 2.62 bits per heavy atom. The van der Waals surface area contributed by atoms with Gasteiger partial charge < -0.3 is 4.90 Å². The summed E-state index contributed by atoms with van der Waals surface area (Å²) in [4.78, 5) is 18.4. The van der Waals surface area contributed by atoms with Gasteiger partial charge in [-0.25, -0.2) is 9.37 Å². The lowest BCUT2D eigenvalue weighted by molar-refractivity contribution is 0.0729. The third-order valence-corrected chi connectivity index (χ3v) is 3.81. The van der Waals surface area contributed by atoms with Crippen molar-refractivity contribution in [2.24, 2.45) is 0 Å². The quantitative estimate of drug-likeness (QED) is 0.807. The van der Waals surface area contributed by atoms with Crippen molar-refractivity contribution < 1.29 is 9.18 Å². The second-order valence-corrected chi connectivity index (χ2v) is 5.49. The van der Waals surface area contributed by atoms with Gasteiger partial charge >= 0.3 is 0 Å². The number of benzene rings is 1. The summed E-state index contributed by atoms with van der Waals surface area (Å²) in [5, 5.41) is 0.215. The van der Waals surface area contributed by atoms with Crippen molar-refractivity contribution in [2.75, 3.05) is 0 Å². The van der Waals surface area contributed by atoms with E-state index in [1.54, 1.807) is 35.4 Å². The van der Waals surface area contributed by atoms with E-state index in [9.17, 15) is 9.18 Å². The number of amides is 1. The SMILES string of the molecule is O=C(c1cccnc1Cl)N(Cc1ccc(F)cc1)C1CC1. The van der Waals surface area contributed by atoms with E-state index in [0.29, 0.717) is 12.1 Å². The molecule has 1 aliphatic carbocycles. The maximum atomic E-state index is 13.0. The molecular weight excluding hydrogens is 291 g/mol. The first-order chi connectivity index (χ1) is 10.1. The fourth-order valence-electron chi connectivity index (χ4n) is 2.24. The molecule has 0 N–H and O–H groups in total. The summed E-state index contributed by atoms with van der Waals surface area (Å²) in [5.74, 6) is -0.404. The van der Waals surface area contributed by atoms with Crippen LogP contribution in [0.25, 0.3) is 0 Å². The molecule has 0 unspecified atom stereocenters. The minimum Gasteiger partial charge on any atom is -0.331 e. The topological polar surface area (TPSA) is 33.2 Å². The van der Waals surface area contributed by atoms with Crippen LogP contribution < -0.4 is 0 Å². The number of hydrogen-bond acceptors (Lipinski definition) is 2. The van der Waals surface area contributed by atoms with Gasteiger partial charge in [0.1, 0.15) is 11.0 Å².